The van der Waals surface area contributed by atoms with E-state index in [0.29, 0.717) is 41.3 Å². The summed E-state index contributed by atoms with van der Waals surface area (Å²) in [5.41, 5.74) is 3.38. The summed E-state index contributed by atoms with van der Waals surface area (Å²) in [6, 6.07) is 14.2. The molecule has 0 bridgehead atoms. The van der Waals surface area contributed by atoms with Crippen molar-refractivity contribution in [2.24, 2.45) is 0 Å². The molecule has 4 aromatic rings. The van der Waals surface area contributed by atoms with E-state index < -0.39 is 6.10 Å². The first-order valence-corrected chi connectivity index (χ1v) is 12.7. The number of rotatable bonds is 7. The van der Waals surface area contributed by atoms with Crippen molar-refractivity contribution in [3.8, 4) is 23.1 Å². The maximum atomic E-state index is 10.7. The Balaban J connectivity index is 1.03. The average molecular weight is 490 g/mol. The summed E-state index contributed by atoms with van der Waals surface area (Å²) in [4.78, 5) is 2.33. The summed E-state index contributed by atoms with van der Waals surface area (Å²) in [6.07, 6.45) is 3.80. The largest absolute Gasteiger partial charge is 0.493 e. The van der Waals surface area contributed by atoms with Crippen molar-refractivity contribution < 1.29 is 23.4 Å². The molecule has 1 N–H and O–H groups in total. The van der Waals surface area contributed by atoms with Crippen LogP contribution in [0.15, 0.2) is 51.3 Å². The van der Waals surface area contributed by atoms with E-state index in [9.17, 15) is 5.11 Å². The van der Waals surface area contributed by atoms with E-state index in [-0.39, 0.29) is 6.61 Å². The lowest BCUT2D eigenvalue weighted by atomic mass is 9.88. The number of furan rings is 1. The molecule has 2 aromatic carbocycles. The van der Waals surface area contributed by atoms with E-state index >= 15 is 0 Å². The van der Waals surface area contributed by atoms with Gasteiger partial charge >= 0.3 is 0 Å². The second kappa shape index (κ2) is 9.95. The first kappa shape index (κ1) is 23.1. The van der Waals surface area contributed by atoms with Crippen LogP contribution in [-0.2, 0) is 6.42 Å². The Morgan fingerprint density at radius 1 is 1.11 bits per heavy atom. The fourth-order valence-electron chi connectivity index (χ4n) is 5.26. The number of hydrogen-bond acceptors (Lipinski definition) is 8. The van der Waals surface area contributed by atoms with Gasteiger partial charge in [-0.05, 0) is 74.0 Å². The van der Waals surface area contributed by atoms with Crippen molar-refractivity contribution in [1.29, 1.82) is 0 Å². The third-order valence-electron chi connectivity index (χ3n) is 7.16. The molecule has 2 aliphatic rings. The highest BCUT2D eigenvalue weighted by atomic mass is 16.5. The fraction of sp³-hybridized carbons (Fsp3) is 0.429. The van der Waals surface area contributed by atoms with Gasteiger partial charge in [0.05, 0.1) is 12.0 Å². The molecule has 6 rings (SSSR count). The van der Waals surface area contributed by atoms with E-state index in [1.165, 1.54) is 11.1 Å². The molecular weight excluding hydrogens is 458 g/mol. The van der Waals surface area contributed by atoms with Gasteiger partial charge in [-0.25, -0.2) is 0 Å². The Kier molecular flexibility index (Phi) is 6.37. The SMILES string of the molecule is Cc1nnc(-c2cc3c(OCC(O)CN4CCC(c5ccc6c(c5)OCCC6)CC4)cccc3o2)o1. The van der Waals surface area contributed by atoms with E-state index in [0.717, 1.165) is 56.5 Å². The predicted octanol–water partition coefficient (Wildman–Crippen LogP) is 4.74. The highest BCUT2D eigenvalue weighted by Crippen LogP contribution is 2.35. The van der Waals surface area contributed by atoms with Crippen LogP contribution in [-0.4, -0.2) is 59.2 Å². The number of ether oxygens (including phenoxy) is 2. The lowest BCUT2D eigenvalue weighted by Crippen LogP contribution is -2.40. The molecule has 4 heterocycles. The van der Waals surface area contributed by atoms with Gasteiger partial charge in [-0.2, -0.15) is 0 Å². The van der Waals surface area contributed by atoms with Gasteiger partial charge in [-0.1, -0.05) is 18.2 Å². The summed E-state index contributed by atoms with van der Waals surface area (Å²) < 4.78 is 23.2. The minimum atomic E-state index is -0.584. The number of piperidine rings is 1. The monoisotopic (exact) mass is 489 g/mol. The number of β-amino-alcohol motifs (C(OH)–C–C–N with tert-alkyl or cyclic N) is 1. The van der Waals surface area contributed by atoms with Crippen molar-refractivity contribution in [2.45, 2.75) is 44.6 Å². The molecule has 1 atom stereocenters. The number of hydrogen-bond donors (Lipinski definition) is 1. The van der Waals surface area contributed by atoms with Crippen molar-refractivity contribution in [1.82, 2.24) is 15.1 Å². The molecule has 8 nitrogen and oxygen atoms in total. The van der Waals surface area contributed by atoms with Gasteiger partial charge in [0.15, 0.2) is 5.76 Å². The summed E-state index contributed by atoms with van der Waals surface area (Å²) in [5.74, 6) is 3.58. The normalized spacial score (nSPS) is 17.6. The van der Waals surface area contributed by atoms with Gasteiger partial charge in [0.1, 0.15) is 29.8 Å². The van der Waals surface area contributed by atoms with Crippen LogP contribution in [0.1, 0.15) is 42.2 Å². The number of aliphatic hydroxyl groups excluding tert-OH is 1. The van der Waals surface area contributed by atoms with Crippen LogP contribution in [0, 0.1) is 6.92 Å². The van der Waals surface area contributed by atoms with Gasteiger partial charge in [0.25, 0.3) is 5.89 Å². The van der Waals surface area contributed by atoms with Gasteiger partial charge in [-0.15, -0.1) is 10.2 Å². The van der Waals surface area contributed by atoms with Crippen molar-refractivity contribution in [3.63, 3.8) is 0 Å². The van der Waals surface area contributed by atoms with Crippen molar-refractivity contribution in [2.75, 3.05) is 32.8 Å². The number of benzene rings is 2. The molecule has 8 heteroatoms. The molecule has 1 unspecified atom stereocenters. The molecule has 1 fully saturated rings. The van der Waals surface area contributed by atoms with Crippen LogP contribution in [0.2, 0.25) is 0 Å². The second-order valence-corrected chi connectivity index (χ2v) is 9.76. The highest BCUT2D eigenvalue weighted by Gasteiger charge is 2.24. The van der Waals surface area contributed by atoms with Gasteiger partial charge in [-0.3, -0.25) is 0 Å². The van der Waals surface area contributed by atoms with E-state index in [1.807, 2.05) is 24.3 Å². The standard InChI is InChI=1S/C28H31N3O5/c1-18-29-30-28(35-18)27-15-23-24(5-2-6-25(23)36-27)34-17-22(32)16-31-11-9-19(10-12-31)21-8-7-20-4-3-13-33-26(20)14-21/h2,5-8,14-15,19,22,32H,3-4,9-13,16-17H2,1H3. The lowest BCUT2D eigenvalue weighted by Gasteiger charge is -2.33. The molecular formula is C28H31N3O5. The van der Waals surface area contributed by atoms with Crippen LogP contribution in [0.3, 0.4) is 0 Å². The van der Waals surface area contributed by atoms with Crippen molar-refractivity contribution in [3.05, 3.63) is 59.5 Å². The zero-order valence-corrected chi connectivity index (χ0v) is 20.5. The molecule has 1 saturated heterocycles. The van der Waals surface area contributed by atoms with E-state index in [2.05, 4.69) is 33.3 Å². The second-order valence-electron chi connectivity index (χ2n) is 9.76. The molecule has 0 amide bonds. The minimum Gasteiger partial charge on any atom is -0.493 e. The quantitative estimate of drug-likeness (QED) is 0.398. The first-order chi connectivity index (χ1) is 17.6. The minimum absolute atomic E-state index is 0.210. The fourth-order valence-corrected chi connectivity index (χ4v) is 5.26. The van der Waals surface area contributed by atoms with Gasteiger partial charge in [0, 0.05) is 19.5 Å². The van der Waals surface area contributed by atoms with E-state index in [4.69, 9.17) is 18.3 Å². The molecule has 0 radical (unpaired) electrons. The first-order valence-electron chi connectivity index (χ1n) is 12.7. The van der Waals surface area contributed by atoms with Crippen LogP contribution < -0.4 is 9.47 Å². The average Bonchev–Trinajstić information content (AvgIpc) is 3.54. The topological polar surface area (TPSA) is 94.0 Å². The van der Waals surface area contributed by atoms with Crippen LogP contribution in [0.4, 0.5) is 0 Å². The lowest BCUT2D eigenvalue weighted by molar-refractivity contribution is 0.0599. The molecule has 2 aliphatic heterocycles. The summed E-state index contributed by atoms with van der Waals surface area (Å²) in [6.45, 7) is 5.28. The maximum absolute atomic E-state index is 10.7. The van der Waals surface area contributed by atoms with Crippen LogP contribution in [0.5, 0.6) is 11.5 Å². The van der Waals surface area contributed by atoms with Crippen LogP contribution >= 0.6 is 0 Å². The zero-order chi connectivity index (χ0) is 24.5. The van der Waals surface area contributed by atoms with Gasteiger partial charge < -0.3 is 28.3 Å². The number of fused-ring (bicyclic) bond motifs is 2. The molecule has 0 aliphatic carbocycles. The molecule has 36 heavy (non-hydrogen) atoms. The molecule has 188 valence electrons. The maximum Gasteiger partial charge on any atom is 0.283 e. The number of aryl methyl sites for hydroxylation is 2. The predicted molar refractivity (Wildman–Crippen MR) is 134 cm³/mol. The summed E-state index contributed by atoms with van der Waals surface area (Å²) in [5, 5.41) is 19.4. The Hall–Kier alpha value is -3.36. The third-order valence-corrected chi connectivity index (χ3v) is 7.16. The molecule has 2 aromatic heterocycles. The Morgan fingerprint density at radius 3 is 2.83 bits per heavy atom. The van der Waals surface area contributed by atoms with Gasteiger partial charge in [0.2, 0.25) is 5.89 Å². The van der Waals surface area contributed by atoms with Crippen molar-refractivity contribution >= 4 is 11.0 Å². The number of aromatic nitrogens is 2. The zero-order valence-electron chi connectivity index (χ0n) is 20.5. The molecule has 0 saturated carbocycles. The Labute approximate surface area is 209 Å². The third kappa shape index (κ3) is 4.83. The highest BCUT2D eigenvalue weighted by molar-refractivity contribution is 5.87. The summed E-state index contributed by atoms with van der Waals surface area (Å²) in [7, 11) is 0. The smallest absolute Gasteiger partial charge is 0.283 e. The van der Waals surface area contributed by atoms with E-state index in [1.54, 1.807) is 6.92 Å². The number of nitrogens with zero attached hydrogens (tertiary/aromatic N) is 3. The molecule has 0 spiro atoms. The summed E-state index contributed by atoms with van der Waals surface area (Å²) >= 11 is 0. The number of likely N-dealkylation sites (tertiary alicyclic amines) is 1. The Bertz CT molecular complexity index is 1340. The Morgan fingerprint density at radius 2 is 2.00 bits per heavy atom. The van der Waals surface area contributed by atoms with Crippen LogP contribution in [0.25, 0.3) is 22.6 Å². The number of aliphatic hydroxyl groups is 1.